The third-order valence-electron chi connectivity index (χ3n) is 4.19. The first kappa shape index (κ1) is 11.4. The van der Waals surface area contributed by atoms with Crippen molar-refractivity contribution < 1.29 is 4.74 Å². The van der Waals surface area contributed by atoms with E-state index in [1.54, 1.807) is 0 Å². The van der Waals surface area contributed by atoms with E-state index in [-0.39, 0.29) is 0 Å². The lowest BCUT2D eigenvalue weighted by molar-refractivity contribution is 0.336. The molecule has 1 heterocycles. The predicted octanol–water partition coefficient (Wildman–Crippen LogP) is 4.88. The van der Waals surface area contributed by atoms with Crippen LogP contribution in [-0.4, -0.2) is 6.61 Å². The molecule has 1 unspecified atom stereocenters. The van der Waals surface area contributed by atoms with Gasteiger partial charge in [-0.25, -0.2) is 0 Å². The number of rotatable bonds is 1. The second-order valence-corrected chi connectivity index (χ2v) is 5.87. The SMILES string of the molecule is CC1COc2cc(C3CCCCC3)c(Cl)cc21. The van der Waals surface area contributed by atoms with Gasteiger partial charge in [-0.1, -0.05) is 37.8 Å². The minimum absolute atomic E-state index is 0.489. The van der Waals surface area contributed by atoms with Gasteiger partial charge in [0.1, 0.15) is 5.75 Å². The molecule has 1 atom stereocenters. The number of halogens is 1. The number of hydrogen-bond donors (Lipinski definition) is 0. The highest BCUT2D eigenvalue weighted by Gasteiger charge is 2.25. The molecule has 2 heteroatoms. The van der Waals surface area contributed by atoms with Crippen LogP contribution < -0.4 is 4.74 Å². The molecule has 92 valence electrons. The summed E-state index contributed by atoms with van der Waals surface area (Å²) >= 11 is 6.45. The van der Waals surface area contributed by atoms with Crippen LogP contribution in [0.5, 0.6) is 5.75 Å². The third-order valence-corrected chi connectivity index (χ3v) is 4.52. The molecular weight excluding hydrogens is 232 g/mol. The Morgan fingerprint density at radius 3 is 2.65 bits per heavy atom. The molecule has 3 rings (SSSR count). The van der Waals surface area contributed by atoms with Gasteiger partial charge in [-0.05, 0) is 36.5 Å². The van der Waals surface area contributed by atoms with E-state index in [1.165, 1.54) is 43.2 Å². The molecular formula is C15H19ClO. The van der Waals surface area contributed by atoms with Gasteiger partial charge in [0.05, 0.1) is 6.61 Å². The zero-order valence-corrected chi connectivity index (χ0v) is 11.1. The average Bonchev–Trinajstić information content (AvgIpc) is 2.71. The number of fused-ring (bicyclic) bond motifs is 1. The summed E-state index contributed by atoms with van der Waals surface area (Å²) in [4.78, 5) is 0. The molecule has 1 aliphatic carbocycles. The zero-order valence-electron chi connectivity index (χ0n) is 10.3. The van der Waals surface area contributed by atoms with Crippen molar-refractivity contribution >= 4 is 11.6 Å². The van der Waals surface area contributed by atoms with E-state index >= 15 is 0 Å². The van der Waals surface area contributed by atoms with Crippen LogP contribution in [0, 0.1) is 0 Å². The van der Waals surface area contributed by atoms with Crippen molar-refractivity contribution in [2.24, 2.45) is 0 Å². The summed E-state index contributed by atoms with van der Waals surface area (Å²) in [5, 5.41) is 0.952. The molecule has 0 spiro atoms. The Morgan fingerprint density at radius 1 is 1.12 bits per heavy atom. The summed E-state index contributed by atoms with van der Waals surface area (Å²) in [5.41, 5.74) is 2.61. The topological polar surface area (TPSA) is 9.23 Å². The molecule has 1 nitrogen and oxygen atoms in total. The van der Waals surface area contributed by atoms with Crippen molar-refractivity contribution in [2.75, 3.05) is 6.61 Å². The van der Waals surface area contributed by atoms with Gasteiger partial charge in [-0.2, -0.15) is 0 Å². The first-order chi connectivity index (χ1) is 8.25. The highest BCUT2D eigenvalue weighted by Crippen LogP contribution is 2.43. The molecule has 17 heavy (non-hydrogen) atoms. The number of benzene rings is 1. The summed E-state index contributed by atoms with van der Waals surface area (Å²) in [6.45, 7) is 3.00. The molecule has 0 amide bonds. The zero-order chi connectivity index (χ0) is 11.8. The first-order valence-electron chi connectivity index (χ1n) is 6.72. The molecule has 0 radical (unpaired) electrons. The molecule has 0 aromatic heterocycles. The first-order valence-corrected chi connectivity index (χ1v) is 7.09. The summed E-state index contributed by atoms with van der Waals surface area (Å²) in [5.74, 6) is 2.21. The van der Waals surface area contributed by atoms with Gasteiger partial charge < -0.3 is 4.74 Å². The van der Waals surface area contributed by atoms with Crippen molar-refractivity contribution in [3.05, 3.63) is 28.3 Å². The molecule has 1 fully saturated rings. The van der Waals surface area contributed by atoms with Crippen LogP contribution >= 0.6 is 11.6 Å². The van der Waals surface area contributed by atoms with Gasteiger partial charge in [0, 0.05) is 16.5 Å². The second kappa shape index (κ2) is 4.53. The Hall–Kier alpha value is -0.690. The van der Waals surface area contributed by atoms with Crippen molar-refractivity contribution in [1.82, 2.24) is 0 Å². The number of ether oxygens (including phenoxy) is 1. The second-order valence-electron chi connectivity index (χ2n) is 5.46. The standard InChI is InChI=1S/C15H19ClO/c1-10-9-17-15-8-13(14(16)7-12(10)15)11-5-3-2-4-6-11/h7-8,10-11H,2-6,9H2,1H3. The van der Waals surface area contributed by atoms with E-state index < -0.39 is 0 Å². The molecule has 1 aromatic carbocycles. The van der Waals surface area contributed by atoms with Crippen molar-refractivity contribution in [3.8, 4) is 5.75 Å². The van der Waals surface area contributed by atoms with E-state index in [0.717, 1.165) is 17.4 Å². The molecule has 1 aliphatic heterocycles. The largest absolute Gasteiger partial charge is 0.493 e. The predicted molar refractivity (Wildman–Crippen MR) is 71.2 cm³/mol. The smallest absolute Gasteiger partial charge is 0.123 e. The Labute approximate surface area is 108 Å². The lowest BCUT2D eigenvalue weighted by Gasteiger charge is -2.23. The molecule has 1 aromatic rings. The third kappa shape index (κ3) is 2.06. The molecule has 0 N–H and O–H groups in total. The van der Waals surface area contributed by atoms with Crippen LogP contribution in [0.15, 0.2) is 12.1 Å². The fraction of sp³-hybridized carbons (Fsp3) is 0.600. The Kier molecular flexibility index (Phi) is 3.04. The minimum Gasteiger partial charge on any atom is -0.493 e. The Morgan fingerprint density at radius 2 is 1.88 bits per heavy atom. The van der Waals surface area contributed by atoms with Crippen molar-refractivity contribution in [1.29, 1.82) is 0 Å². The lowest BCUT2D eigenvalue weighted by atomic mass is 9.83. The maximum absolute atomic E-state index is 6.45. The lowest BCUT2D eigenvalue weighted by Crippen LogP contribution is -2.05. The van der Waals surface area contributed by atoms with E-state index in [9.17, 15) is 0 Å². The monoisotopic (exact) mass is 250 g/mol. The van der Waals surface area contributed by atoms with E-state index in [1.807, 2.05) is 0 Å². The molecule has 0 saturated heterocycles. The van der Waals surface area contributed by atoms with Gasteiger partial charge in [0.15, 0.2) is 0 Å². The summed E-state index contributed by atoms with van der Waals surface area (Å²) in [6.07, 6.45) is 6.64. The summed E-state index contributed by atoms with van der Waals surface area (Å²) in [6, 6.07) is 4.34. The molecule has 2 aliphatic rings. The summed E-state index contributed by atoms with van der Waals surface area (Å²) < 4.78 is 5.74. The summed E-state index contributed by atoms with van der Waals surface area (Å²) in [7, 11) is 0. The van der Waals surface area contributed by atoms with E-state index in [0.29, 0.717) is 11.8 Å². The van der Waals surface area contributed by atoms with Crippen LogP contribution in [-0.2, 0) is 0 Å². The highest BCUT2D eigenvalue weighted by molar-refractivity contribution is 6.31. The van der Waals surface area contributed by atoms with Crippen molar-refractivity contribution in [3.63, 3.8) is 0 Å². The fourth-order valence-electron chi connectivity index (χ4n) is 3.13. The van der Waals surface area contributed by atoms with Gasteiger partial charge in [-0.3, -0.25) is 0 Å². The highest BCUT2D eigenvalue weighted by atomic mass is 35.5. The van der Waals surface area contributed by atoms with Gasteiger partial charge in [0.25, 0.3) is 0 Å². The molecule has 1 saturated carbocycles. The maximum atomic E-state index is 6.45. The Bertz CT molecular complexity index is 421. The Balaban J connectivity index is 1.95. The van der Waals surface area contributed by atoms with Crippen molar-refractivity contribution in [2.45, 2.75) is 50.9 Å². The van der Waals surface area contributed by atoms with Crippen LogP contribution in [0.25, 0.3) is 0 Å². The van der Waals surface area contributed by atoms with Gasteiger partial charge in [0.2, 0.25) is 0 Å². The van der Waals surface area contributed by atoms with E-state index in [2.05, 4.69) is 19.1 Å². The maximum Gasteiger partial charge on any atom is 0.123 e. The van der Waals surface area contributed by atoms with Gasteiger partial charge in [-0.15, -0.1) is 0 Å². The average molecular weight is 251 g/mol. The minimum atomic E-state index is 0.489. The molecule has 0 bridgehead atoms. The number of hydrogen-bond acceptors (Lipinski definition) is 1. The van der Waals surface area contributed by atoms with Crippen LogP contribution in [0.1, 0.15) is 62.0 Å². The van der Waals surface area contributed by atoms with Crippen LogP contribution in [0.3, 0.4) is 0 Å². The normalized spacial score (nSPS) is 24.5. The van der Waals surface area contributed by atoms with Gasteiger partial charge >= 0.3 is 0 Å². The van der Waals surface area contributed by atoms with E-state index in [4.69, 9.17) is 16.3 Å². The fourth-order valence-corrected chi connectivity index (χ4v) is 3.45. The van der Waals surface area contributed by atoms with Crippen LogP contribution in [0.2, 0.25) is 5.02 Å². The quantitative estimate of drug-likeness (QED) is 0.690. The van der Waals surface area contributed by atoms with Crippen LogP contribution in [0.4, 0.5) is 0 Å².